The van der Waals surface area contributed by atoms with Gasteiger partial charge in [-0.2, -0.15) is 0 Å². The van der Waals surface area contributed by atoms with E-state index in [2.05, 4.69) is 56.4 Å². The van der Waals surface area contributed by atoms with Crippen LogP contribution in [0.2, 0.25) is 0 Å². The average Bonchev–Trinajstić information content (AvgIpc) is 3.12. The molecule has 0 N–H and O–H groups in total. The van der Waals surface area contributed by atoms with E-state index in [0.29, 0.717) is 30.3 Å². The molecule has 0 aromatic heterocycles. The van der Waals surface area contributed by atoms with Crippen LogP contribution in [0, 0.1) is 0 Å². The predicted molar refractivity (Wildman–Crippen MR) is 222 cm³/mol. The molecular weight excluding hydrogens is 717 g/mol. The molecule has 1 unspecified atom stereocenters. The summed E-state index contributed by atoms with van der Waals surface area (Å²) in [6.45, 7) is 3.94. The molecule has 55 heavy (non-hydrogen) atoms. The van der Waals surface area contributed by atoms with Crippen LogP contribution in [-0.4, -0.2) is 75.8 Å². The highest BCUT2D eigenvalue weighted by molar-refractivity contribution is 7.45. The van der Waals surface area contributed by atoms with Crippen LogP contribution >= 0.6 is 7.82 Å². The fraction of sp³-hybridized carbons (Fsp3) is 0.705. The molecule has 0 aliphatic rings. The highest BCUT2D eigenvalue weighted by Gasteiger charge is 2.21. The molecule has 0 spiro atoms. The topological polar surface area (TPSA) is 128 Å². The van der Waals surface area contributed by atoms with Gasteiger partial charge in [-0.15, -0.1) is 0 Å². The van der Waals surface area contributed by atoms with E-state index < -0.39 is 32.5 Å². The number of phosphoric acid groups is 1. The lowest BCUT2D eigenvalue weighted by Crippen LogP contribution is -2.37. The van der Waals surface area contributed by atoms with Crippen LogP contribution < -0.4 is 4.89 Å². The Labute approximate surface area is 334 Å². The summed E-state index contributed by atoms with van der Waals surface area (Å²) in [7, 11) is 1.06. The molecule has 0 radical (unpaired) electrons. The molecule has 0 bridgehead atoms. The summed E-state index contributed by atoms with van der Waals surface area (Å²) in [6, 6.07) is 0. The first-order valence-corrected chi connectivity index (χ1v) is 22.4. The second-order valence-electron chi connectivity index (χ2n) is 15.0. The minimum absolute atomic E-state index is 0.0603. The summed E-state index contributed by atoms with van der Waals surface area (Å²) in [5.74, 6) is -0.860. The van der Waals surface area contributed by atoms with E-state index in [4.69, 9.17) is 18.5 Å². The summed E-state index contributed by atoms with van der Waals surface area (Å²) in [5.41, 5.74) is 0. The Balaban J connectivity index is 4.56. The van der Waals surface area contributed by atoms with Gasteiger partial charge < -0.3 is 27.9 Å². The van der Waals surface area contributed by atoms with Crippen molar-refractivity contribution < 1.29 is 46.8 Å². The summed E-state index contributed by atoms with van der Waals surface area (Å²) in [5, 5.41) is 0. The standard InChI is InChI=1S/C44H76NO9P/c1-6-8-10-12-14-15-16-17-18-19-20-21-23-27-32-36-44(48)54-42(40-53-55(49,50)52-38-37-45(3,4)5)39-51-43(47)35-31-28-24-26-30-34-41(46)33-29-25-22-13-11-9-7-2/h14-15,17-18,20-22,25,29,33,42H,6-13,16,19,23-24,26-28,30-32,34-40H2,1-5H3/b15-14-,18-17-,21-20-,25-22-,33-29+/t42-/m1/s1. The smallest absolute Gasteiger partial charge is 0.306 e. The molecule has 0 aliphatic heterocycles. The molecule has 0 fully saturated rings. The number of likely N-dealkylation sites (N-methyl/N-ethyl adjacent to an activating group) is 1. The molecule has 11 heteroatoms. The van der Waals surface area contributed by atoms with Crippen molar-refractivity contribution in [2.24, 2.45) is 0 Å². The van der Waals surface area contributed by atoms with E-state index in [-0.39, 0.29) is 31.8 Å². The van der Waals surface area contributed by atoms with Crippen LogP contribution in [0.4, 0.5) is 0 Å². The number of carbonyl (C=O) groups excluding carboxylic acids is 3. The molecule has 0 rings (SSSR count). The molecule has 0 aromatic carbocycles. The number of phosphoric ester groups is 1. The van der Waals surface area contributed by atoms with Crippen molar-refractivity contribution in [2.75, 3.05) is 47.5 Å². The van der Waals surface area contributed by atoms with Gasteiger partial charge >= 0.3 is 11.9 Å². The summed E-state index contributed by atoms with van der Waals surface area (Å²) < 4.78 is 33.7. The minimum atomic E-state index is -4.66. The lowest BCUT2D eigenvalue weighted by atomic mass is 10.1. The molecule has 0 amide bonds. The van der Waals surface area contributed by atoms with Gasteiger partial charge in [0, 0.05) is 19.3 Å². The maximum Gasteiger partial charge on any atom is 0.306 e. The molecule has 0 saturated heterocycles. The molecule has 0 saturated carbocycles. The van der Waals surface area contributed by atoms with Crippen LogP contribution in [0.15, 0.2) is 60.8 Å². The number of ketones is 1. The van der Waals surface area contributed by atoms with Crippen LogP contribution in [0.1, 0.15) is 149 Å². The van der Waals surface area contributed by atoms with E-state index in [1.165, 1.54) is 38.5 Å². The number of rotatable bonds is 37. The fourth-order valence-corrected chi connectivity index (χ4v) is 5.84. The zero-order valence-electron chi connectivity index (χ0n) is 35.1. The van der Waals surface area contributed by atoms with E-state index >= 15 is 0 Å². The first kappa shape index (κ1) is 52.4. The average molecular weight is 794 g/mol. The van der Waals surface area contributed by atoms with Crippen molar-refractivity contribution in [2.45, 2.75) is 155 Å². The van der Waals surface area contributed by atoms with Crippen LogP contribution in [0.25, 0.3) is 0 Å². The lowest BCUT2D eigenvalue weighted by molar-refractivity contribution is -0.870. The van der Waals surface area contributed by atoms with Crippen LogP contribution in [0.3, 0.4) is 0 Å². The molecule has 0 heterocycles. The van der Waals surface area contributed by atoms with Gasteiger partial charge in [0.25, 0.3) is 7.82 Å². The van der Waals surface area contributed by atoms with E-state index in [1.807, 2.05) is 33.3 Å². The van der Waals surface area contributed by atoms with E-state index in [0.717, 1.165) is 64.2 Å². The first-order valence-electron chi connectivity index (χ1n) is 20.9. The Bertz CT molecular complexity index is 1190. The Morgan fingerprint density at radius 1 is 0.618 bits per heavy atom. The zero-order chi connectivity index (χ0) is 40.9. The number of quaternary nitrogens is 1. The van der Waals surface area contributed by atoms with Gasteiger partial charge in [-0.1, -0.05) is 113 Å². The fourth-order valence-electron chi connectivity index (χ4n) is 5.11. The Hall–Kier alpha value is -2.62. The Morgan fingerprint density at radius 2 is 1.15 bits per heavy atom. The zero-order valence-corrected chi connectivity index (χ0v) is 36.0. The monoisotopic (exact) mass is 794 g/mol. The SMILES string of the molecule is CCCCC/C=C\C=C\C(=O)CCCCCCCC(=O)OC[C@H](COP(=O)([O-])OCC[N+](C)(C)C)OC(=O)CCCC/C=C\C/C=C\C/C=C\CCCCC. The van der Waals surface area contributed by atoms with Crippen molar-refractivity contribution in [1.82, 2.24) is 0 Å². The van der Waals surface area contributed by atoms with Crippen LogP contribution in [0.5, 0.6) is 0 Å². The van der Waals surface area contributed by atoms with Gasteiger partial charge in [-0.25, -0.2) is 0 Å². The molecular formula is C44H76NO9P. The third-order valence-electron chi connectivity index (χ3n) is 8.49. The third kappa shape index (κ3) is 39.4. The molecule has 316 valence electrons. The first-order chi connectivity index (χ1) is 26.4. The van der Waals surface area contributed by atoms with E-state index in [9.17, 15) is 23.8 Å². The highest BCUT2D eigenvalue weighted by Crippen LogP contribution is 2.38. The van der Waals surface area contributed by atoms with Gasteiger partial charge in [0.1, 0.15) is 19.8 Å². The molecule has 2 atom stereocenters. The van der Waals surface area contributed by atoms with Gasteiger partial charge in [0.15, 0.2) is 11.9 Å². The summed E-state index contributed by atoms with van der Waals surface area (Å²) in [4.78, 5) is 49.5. The number of ether oxygens (including phenoxy) is 2. The number of unbranched alkanes of at least 4 members (excludes halogenated alkanes) is 12. The van der Waals surface area contributed by atoms with Gasteiger partial charge in [-0.3, -0.25) is 18.9 Å². The molecule has 0 aromatic rings. The Kier molecular flexibility index (Phi) is 34.1. The normalized spacial score (nSPS) is 14.1. The number of carbonyl (C=O) groups is 3. The van der Waals surface area contributed by atoms with Gasteiger partial charge in [0.05, 0.1) is 27.7 Å². The number of hydrogen-bond acceptors (Lipinski definition) is 9. The lowest BCUT2D eigenvalue weighted by Gasteiger charge is -2.28. The molecule has 0 aliphatic carbocycles. The van der Waals surface area contributed by atoms with Crippen molar-refractivity contribution in [1.29, 1.82) is 0 Å². The highest BCUT2D eigenvalue weighted by atomic mass is 31.2. The maximum absolute atomic E-state index is 12.6. The third-order valence-corrected chi connectivity index (χ3v) is 9.45. The van der Waals surface area contributed by atoms with Crippen molar-refractivity contribution in [3.05, 3.63) is 60.8 Å². The number of hydrogen-bond donors (Lipinski definition) is 0. The van der Waals surface area contributed by atoms with E-state index in [1.54, 1.807) is 6.08 Å². The Morgan fingerprint density at radius 3 is 1.76 bits per heavy atom. The number of nitrogens with zero attached hydrogens (tertiary/aromatic N) is 1. The van der Waals surface area contributed by atoms with Gasteiger partial charge in [0.2, 0.25) is 0 Å². The summed E-state index contributed by atoms with van der Waals surface area (Å²) >= 11 is 0. The molecule has 10 nitrogen and oxygen atoms in total. The van der Waals surface area contributed by atoms with Crippen LogP contribution in [-0.2, 0) is 37.5 Å². The second-order valence-corrected chi connectivity index (χ2v) is 16.4. The number of esters is 2. The van der Waals surface area contributed by atoms with Crippen molar-refractivity contribution >= 4 is 25.5 Å². The predicted octanol–water partition coefficient (Wildman–Crippen LogP) is 10.2. The number of allylic oxidation sites excluding steroid dienone is 10. The second kappa shape index (κ2) is 35.8. The van der Waals surface area contributed by atoms with Crippen molar-refractivity contribution in [3.8, 4) is 0 Å². The summed E-state index contributed by atoms with van der Waals surface area (Å²) in [6.07, 6.45) is 37.8. The maximum atomic E-state index is 12.6. The minimum Gasteiger partial charge on any atom is -0.756 e. The quantitative estimate of drug-likeness (QED) is 0.0115. The largest absolute Gasteiger partial charge is 0.756 e. The van der Waals surface area contributed by atoms with Crippen molar-refractivity contribution in [3.63, 3.8) is 0 Å². The van der Waals surface area contributed by atoms with Gasteiger partial charge in [-0.05, 0) is 76.7 Å².